The third-order valence-electron chi connectivity index (χ3n) is 10.9. The lowest BCUT2D eigenvalue weighted by Crippen LogP contribution is -2.56. The van der Waals surface area contributed by atoms with Crippen LogP contribution in [0.15, 0.2) is 12.4 Å². The number of hydrogen-bond acceptors (Lipinski definition) is 3. The van der Waals surface area contributed by atoms with Gasteiger partial charge >= 0.3 is 0 Å². The number of aliphatic hydroxyl groups is 1. The van der Waals surface area contributed by atoms with Crippen LogP contribution >= 0.6 is 0 Å². The Labute approximate surface area is 188 Å². The van der Waals surface area contributed by atoms with Gasteiger partial charge in [0.15, 0.2) is 5.78 Å². The Balaban J connectivity index is 1.37. The summed E-state index contributed by atoms with van der Waals surface area (Å²) < 4.78 is 2.02. The number of rotatable bonds is 4. The standard InChI is InChI=1S/C27H42N2O2/c1-5-27-13-12-25(3,31)16-19(27)6-7-20-21-8-9-23(26(21,4)11-10-22(20)27)24(30)17-29-15-14-28-18(29)2/h14-15,19-23,31H,5-13,16-17H2,1-4H3/t19-,20-,21-,22-,23+,25+,26-,27-/m0/s1. The molecule has 8 atom stereocenters. The zero-order valence-electron chi connectivity index (χ0n) is 20.1. The maximum atomic E-state index is 13.4. The number of carbonyl (C=O) groups excluding carboxylic acids is 1. The van der Waals surface area contributed by atoms with Gasteiger partial charge < -0.3 is 9.67 Å². The Morgan fingerprint density at radius 1 is 1.13 bits per heavy atom. The Bertz CT molecular complexity index is 844. The fourth-order valence-corrected chi connectivity index (χ4v) is 9.32. The largest absolute Gasteiger partial charge is 0.390 e. The van der Waals surface area contributed by atoms with E-state index < -0.39 is 5.60 Å². The monoisotopic (exact) mass is 426 g/mol. The molecule has 0 aliphatic heterocycles. The van der Waals surface area contributed by atoms with Gasteiger partial charge in [0.05, 0.1) is 12.1 Å². The van der Waals surface area contributed by atoms with E-state index in [0.717, 1.165) is 36.9 Å². The second kappa shape index (κ2) is 7.43. The fraction of sp³-hybridized carbons (Fsp3) is 0.852. The molecule has 1 N–H and O–H groups in total. The first-order valence-electron chi connectivity index (χ1n) is 12.9. The highest BCUT2D eigenvalue weighted by molar-refractivity contribution is 5.82. The molecule has 4 nitrogen and oxygen atoms in total. The van der Waals surface area contributed by atoms with Gasteiger partial charge in [0.25, 0.3) is 0 Å². The first-order valence-corrected chi connectivity index (χ1v) is 12.9. The van der Waals surface area contributed by atoms with Crippen molar-refractivity contribution < 1.29 is 9.90 Å². The Morgan fingerprint density at radius 2 is 1.94 bits per heavy atom. The third kappa shape index (κ3) is 3.26. The SMILES string of the molecule is CC[C@]12CC[C@@](C)(O)C[C@@H]1CC[C@H]1[C@@H]3CC[C@H](C(=O)Cn4ccnc4C)[C@@]3(C)CC[C@@H]12. The average Bonchev–Trinajstić information content (AvgIpc) is 3.29. The van der Waals surface area contributed by atoms with E-state index in [4.69, 9.17) is 0 Å². The molecule has 1 aromatic heterocycles. The number of aromatic nitrogens is 2. The highest BCUT2D eigenvalue weighted by Crippen LogP contribution is 2.69. The minimum atomic E-state index is -0.463. The Morgan fingerprint density at radius 3 is 2.65 bits per heavy atom. The van der Waals surface area contributed by atoms with Gasteiger partial charge in [0.2, 0.25) is 0 Å². The molecule has 0 unspecified atom stereocenters. The summed E-state index contributed by atoms with van der Waals surface area (Å²) in [6.45, 7) is 9.41. The number of aryl methyl sites for hydroxylation is 1. The summed E-state index contributed by atoms with van der Waals surface area (Å²) in [5, 5.41) is 10.8. The van der Waals surface area contributed by atoms with Gasteiger partial charge in [-0.1, -0.05) is 13.8 Å². The number of hydrogen-bond donors (Lipinski definition) is 1. The number of Topliss-reactive ketones (excluding diaryl/α,β-unsaturated/α-hetero) is 1. The minimum absolute atomic E-state index is 0.175. The molecule has 4 heteroatoms. The van der Waals surface area contributed by atoms with Crippen LogP contribution in [0, 0.1) is 47.3 Å². The van der Waals surface area contributed by atoms with E-state index in [-0.39, 0.29) is 11.3 Å². The number of imidazole rings is 1. The molecule has 0 amide bonds. The molecule has 0 bridgehead atoms. The van der Waals surface area contributed by atoms with Crippen LogP contribution in [0.2, 0.25) is 0 Å². The molecular weight excluding hydrogens is 384 g/mol. The lowest BCUT2D eigenvalue weighted by molar-refractivity contribution is -0.158. The average molecular weight is 427 g/mol. The number of ketones is 1. The molecule has 1 aromatic rings. The van der Waals surface area contributed by atoms with Crippen molar-refractivity contribution in [1.29, 1.82) is 0 Å². The molecule has 1 heterocycles. The summed E-state index contributed by atoms with van der Waals surface area (Å²) in [5.41, 5.74) is 0.146. The topological polar surface area (TPSA) is 55.1 Å². The molecule has 5 rings (SSSR count). The lowest BCUT2D eigenvalue weighted by atomic mass is 9.42. The summed E-state index contributed by atoms with van der Waals surface area (Å²) in [5.74, 6) is 4.56. The van der Waals surface area contributed by atoms with Crippen LogP contribution in [0.5, 0.6) is 0 Å². The first-order chi connectivity index (χ1) is 14.7. The summed E-state index contributed by atoms with van der Waals surface area (Å²) in [6.07, 6.45) is 15.6. The van der Waals surface area contributed by atoms with Crippen LogP contribution in [0.1, 0.15) is 90.8 Å². The van der Waals surface area contributed by atoms with Crippen LogP contribution in [0.25, 0.3) is 0 Å². The number of nitrogens with zero attached hydrogens (tertiary/aromatic N) is 2. The van der Waals surface area contributed by atoms with E-state index in [1.165, 1.54) is 44.9 Å². The van der Waals surface area contributed by atoms with E-state index in [1.54, 1.807) is 6.20 Å². The van der Waals surface area contributed by atoms with E-state index in [1.807, 2.05) is 17.7 Å². The molecule has 0 spiro atoms. The molecule has 4 fully saturated rings. The third-order valence-corrected chi connectivity index (χ3v) is 10.9. The maximum Gasteiger partial charge on any atom is 0.156 e. The Kier molecular flexibility index (Phi) is 5.20. The van der Waals surface area contributed by atoms with Crippen molar-refractivity contribution in [3.05, 3.63) is 18.2 Å². The summed E-state index contributed by atoms with van der Waals surface area (Å²) in [4.78, 5) is 17.7. The Hall–Kier alpha value is -1.16. The van der Waals surface area contributed by atoms with Crippen LogP contribution in [0.3, 0.4) is 0 Å². The summed E-state index contributed by atoms with van der Waals surface area (Å²) in [7, 11) is 0. The zero-order valence-corrected chi connectivity index (χ0v) is 20.1. The number of carbonyl (C=O) groups is 1. The smallest absolute Gasteiger partial charge is 0.156 e. The molecule has 0 radical (unpaired) electrons. The van der Waals surface area contributed by atoms with Crippen molar-refractivity contribution >= 4 is 5.78 Å². The zero-order chi connectivity index (χ0) is 22.0. The van der Waals surface area contributed by atoms with E-state index in [0.29, 0.717) is 29.6 Å². The second-order valence-electron chi connectivity index (χ2n) is 12.2. The minimum Gasteiger partial charge on any atom is -0.390 e. The van der Waals surface area contributed by atoms with Gasteiger partial charge in [0.1, 0.15) is 5.82 Å². The van der Waals surface area contributed by atoms with Gasteiger partial charge in [-0.05, 0) is 113 Å². The molecule has 4 saturated carbocycles. The van der Waals surface area contributed by atoms with E-state index >= 15 is 0 Å². The highest BCUT2D eigenvalue weighted by atomic mass is 16.3. The second-order valence-corrected chi connectivity index (χ2v) is 12.2. The van der Waals surface area contributed by atoms with Gasteiger partial charge in [-0.25, -0.2) is 4.98 Å². The van der Waals surface area contributed by atoms with Gasteiger partial charge in [-0.2, -0.15) is 0 Å². The van der Waals surface area contributed by atoms with Gasteiger partial charge in [-0.3, -0.25) is 4.79 Å². The predicted octanol–water partition coefficient (Wildman–Crippen LogP) is 5.56. The van der Waals surface area contributed by atoms with Crippen molar-refractivity contribution in [2.75, 3.05) is 0 Å². The van der Waals surface area contributed by atoms with Crippen LogP contribution < -0.4 is 0 Å². The van der Waals surface area contributed by atoms with Crippen LogP contribution in [-0.2, 0) is 11.3 Å². The summed E-state index contributed by atoms with van der Waals surface area (Å²) >= 11 is 0. The normalized spacial score (nSPS) is 46.8. The molecule has 4 aliphatic carbocycles. The fourth-order valence-electron chi connectivity index (χ4n) is 9.32. The maximum absolute atomic E-state index is 13.4. The highest BCUT2D eigenvalue weighted by Gasteiger charge is 2.62. The molecule has 0 saturated heterocycles. The van der Waals surface area contributed by atoms with Crippen molar-refractivity contribution in [2.45, 2.75) is 104 Å². The predicted molar refractivity (Wildman–Crippen MR) is 122 cm³/mol. The van der Waals surface area contributed by atoms with E-state index in [9.17, 15) is 9.90 Å². The van der Waals surface area contributed by atoms with E-state index in [2.05, 4.69) is 25.8 Å². The van der Waals surface area contributed by atoms with Crippen molar-refractivity contribution in [2.24, 2.45) is 40.4 Å². The van der Waals surface area contributed by atoms with Crippen molar-refractivity contribution in [1.82, 2.24) is 9.55 Å². The van der Waals surface area contributed by atoms with Crippen molar-refractivity contribution in [3.8, 4) is 0 Å². The molecule has 4 aliphatic rings. The molecule has 0 aromatic carbocycles. The van der Waals surface area contributed by atoms with Crippen LogP contribution in [0.4, 0.5) is 0 Å². The van der Waals surface area contributed by atoms with Gasteiger partial charge in [0, 0.05) is 18.3 Å². The molecule has 172 valence electrons. The van der Waals surface area contributed by atoms with Crippen LogP contribution in [-0.4, -0.2) is 26.0 Å². The first kappa shape index (κ1) is 21.7. The summed E-state index contributed by atoms with van der Waals surface area (Å²) in [6, 6.07) is 0. The quantitative estimate of drug-likeness (QED) is 0.686. The molecule has 31 heavy (non-hydrogen) atoms. The molecular formula is C27H42N2O2. The number of fused-ring (bicyclic) bond motifs is 5. The lowest BCUT2D eigenvalue weighted by Gasteiger charge is -2.63. The van der Waals surface area contributed by atoms with Gasteiger partial charge in [-0.15, -0.1) is 0 Å². The van der Waals surface area contributed by atoms with Crippen molar-refractivity contribution in [3.63, 3.8) is 0 Å².